The van der Waals surface area contributed by atoms with Gasteiger partial charge in [-0.25, -0.2) is 0 Å². The molecule has 0 saturated carbocycles. The Labute approximate surface area is 123 Å². The SMILES string of the molecule is COc1c(C)c(OCC(O)C(C)(C)O)cc2c1CNC2=O. The molecule has 6 heteroatoms. The Bertz CT molecular complexity index is 562. The van der Waals surface area contributed by atoms with Gasteiger partial charge in [-0.05, 0) is 26.8 Å². The van der Waals surface area contributed by atoms with Crippen molar-refractivity contribution in [2.75, 3.05) is 13.7 Å². The van der Waals surface area contributed by atoms with E-state index in [1.807, 2.05) is 6.92 Å². The van der Waals surface area contributed by atoms with E-state index in [9.17, 15) is 15.0 Å². The van der Waals surface area contributed by atoms with Crippen LogP contribution in [0.2, 0.25) is 0 Å². The third-order valence-corrected chi connectivity index (χ3v) is 3.67. The predicted octanol–water partition coefficient (Wildman–Crippen LogP) is 0.758. The first-order chi connectivity index (χ1) is 9.75. The Kier molecular flexibility index (Phi) is 4.11. The lowest BCUT2D eigenvalue weighted by atomic mass is 10.0. The number of nitrogens with one attached hydrogen (secondary N) is 1. The van der Waals surface area contributed by atoms with Gasteiger partial charge in [-0.1, -0.05) is 0 Å². The molecule has 0 aliphatic carbocycles. The Morgan fingerprint density at radius 3 is 2.71 bits per heavy atom. The number of methoxy groups -OCH3 is 1. The van der Waals surface area contributed by atoms with E-state index in [2.05, 4.69) is 5.32 Å². The van der Waals surface area contributed by atoms with Gasteiger partial charge in [-0.15, -0.1) is 0 Å². The lowest BCUT2D eigenvalue weighted by molar-refractivity contribution is -0.0662. The van der Waals surface area contributed by atoms with Crippen LogP contribution in [-0.2, 0) is 6.54 Å². The number of hydrogen-bond donors (Lipinski definition) is 3. The second kappa shape index (κ2) is 5.54. The molecule has 21 heavy (non-hydrogen) atoms. The molecule has 0 bridgehead atoms. The third kappa shape index (κ3) is 2.96. The number of carbonyl (C=O) groups excluding carboxylic acids is 1. The Morgan fingerprint density at radius 1 is 1.48 bits per heavy atom. The van der Waals surface area contributed by atoms with Crippen LogP contribution in [0, 0.1) is 6.92 Å². The molecule has 2 rings (SSSR count). The highest BCUT2D eigenvalue weighted by Crippen LogP contribution is 2.36. The predicted molar refractivity (Wildman–Crippen MR) is 76.7 cm³/mol. The molecule has 1 aromatic carbocycles. The molecule has 1 aliphatic heterocycles. The fourth-order valence-electron chi connectivity index (χ4n) is 2.23. The van der Waals surface area contributed by atoms with Gasteiger partial charge >= 0.3 is 0 Å². The zero-order valence-electron chi connectivity index (χ0n) is 12.7. The molecule has 1 heterocycles. The molecule has 3 N–H and O–H groups in total. The van der Waals surface area contributed by atoms with Crippen LogP contribution in [0.4, 0.5) is 0 Å². The molecule has 116 valence electrons. The Balaban J connectivity index is 2.29. The zero-order valence-corrected chi connectivity index (χ0v) is 12.7. The summed E-state index contributed by atoms with van der Waals surface area (Å²) in [4.78, 5) is 11.8. The quantitative estimate of drug-likeness (QED) is 0.746. The minimum absolute atomic E-state index is 0.0755. The summed E-state index contributed by atoms with van der Waals surface area (Å²) < 4.78 is 10.9. The van der Waals surface area contributed by atoms with Crippen molar-refractivity contribution >= 4 is 5.91 Å². The molecule has 1 unspecified atom stereocenters. The van der Waals surface area contributed by atoms with Gasteiger partial charge in [-0.3, -0.25) is 4.79 Å². The van der Waals surface area contributed by atoms with E-state index in [0.29, 0.717) is 23.6 Å². The van der Waals surface area contributed by atoms with E-state index in [0.717, 1.165) is 11.1 Å². The smallest absolute Gasteiger partial charge is 0.252 e. The summed E-state index contributed by atoms with van der Waals surface area (Å²) in [6, 6.07) is 1.65. The minimum atomic E-state index is -1.26. The van der Waals surface area contributed by atoms with Crippen molar-refractivity contribution < 1.29 is 24.5 Å². The van der Waals surface area contributed by atoms with Gasteiger partial charge in [-0.2, -0.15) is 0 Å². The average Bonchev–Trinajstić information content (AvgIpc) is 2.76. The van der Waals surface area contributed by atoms with Gasteiger partial charge in [0, 0.05) is 17.7 Å². The maximum atomic E-state index is 11.8. The molecular weight excluding hydrogens is 274 g/mol. The molecule has 0 saturated heterocycles. The number of amides is 1. The molecule has 0 spiro atoms. The van der Waals surface area contributed by atoms with Crippen LogP contribution in [0.5, 0.6) is 11.5 Å². The largest absolute Gasteiger partial charge is 0.496 e. The van der Waals surface area contributed by atoms with Crippen molar-refractivity contribution in [3.63, 3.8) is 0 Å². The molecule has 1 aliphatic rings. The lowest BCUT2D eigenvalue weighted by Gasteiger charge is -2.25. The molecular formula is C15H21NO5. The number of aliphatic hydroxyl groups is 2. The van der Waals surface area contributed by atoms with E-state index in [1.165, 1.54) is 13.8 Å². The molecule has 1 aromatic rings. The van der Waals surface area contributed by atoms with Gasteiger partial charge in [0.2, 0.25) is 0 Å². The number of carbonyl (C=O) groups is 1. The molecule has 0 radical (unpaired) electrons. The summed E-state index contributed by atoms with van der Waals surface area (Å²) in [6.07, 6.45) is -1.04. The summed E-state index contributed by atoms with van der Waals surface area (Å²) in [5.41, 5.74) is 0.836. The van der Waals surface area contributed by atoms with Crippen molar-refractivity contribution in [2.24, 2.45) is 0 Å². The fraction of sp³-hybridized carbons (Fsp3) is 0.533. The van der Waals surface area contributed by atoms with Crippen molar-refractivity contribution in [1.82, 2.24) is 5.32 Å². The molecule has 0 fully saturated rings. The molecule has 6 nitrogen and oxygen atoms in total. The Morgan fingerprint density at radius 2 is 2.14 bits per heavy atom. The van der Waals surface area contributed by atoms with Crippen LogP contribution in [-0.4, -0.2) is 41.5 Å². The second-order valence-electron chi connectivity index (χ2n) is 5.72. The summed E-state index contributed by atoms with van der Waals surface area (Å²) >= 11 is 0. The van der Waals surface area contributed by atoms with Crippen LogP contribution < -0.4 is 14.8 Å². The second-order valence-corrected chi connectivity index (χ2v) is 5.72. The average molecular weight is 295 g/mol. The number of rotatable bonds is 5. The first kappa shape index (κ1) is 15.6. The van der Waals surface area contributed by atoms with E-state index in [4.69, 9.17) is 9.47 Å². The van der Waals surface area contributed by atoms with Crippen molar-refractivity contribution in [3.05, 3.63) is 22.8 Å². The highest BCUT2D eigenvalue weighted by Gasteiger charge is 2.28. The van der Waals surface area contributed by atoms with Gasteiger partial charge in [0.05, 0.1) is 18.3 Å². The van der Waals surface area contributed by atoms with Crippen LogP contribution >= 0.6 is 0 Å². The zero-order chi connectivity index (χ0) is 15.8. The minimum Gasteiger partial charge on any atom is -0.496 e. The topological polar surface area (TPSA) is 88.0 Å². The number of aliphatic hydroxyl groups excluding tert-OH is 1. The molecule has 1 atom stereocenters. The summed E-state index contributed by atoms with van der Waals surface area (Å²) in [5.74, 6) is 0.903. The summed E-state index contributed by atoms with van der Waals surface area (Å²) in [5, 5.41) is 22.3. The van der Waals surface area contributed by atoms with Crippen molar-refractivity contribution in [2.45, 2.75) is 39.0 Å². The van der Waals surface area contributed by atoms with Gasteiger partial charge in [0.15, 0.2) is 0 Å². The number of hydrogen-bond acceptors (Lipinski definition) is 5. The maximum Gasteiger partial charge on any atom is 0.252 e. The fourth-order valence-corrected chi connectivity index (χ4v) is 2.23. The standard InChI is InChI=1S/C15H21NO5/c1-8-11(21-7-12(17)15(2,3)19)5-9-10(13(8)20-4)6-16-14(9)18/h5,12,17,19H,6-7H2,1-4H3,(H,16,18). The van der Waals surface area contributed by atoms with E-state index < -0.39 is 11.7 Å². The van der Waals surface area contributed by atoms with Crippen LogP contribution in [0.25, 0.3) is 0 Å². The van der Waals surface area contributed by atoms with Crippen molar-refractivity contribution in [3.8, 4) is 11.5 Å². The maximum absolute atomic E-state index is 11.8. The monoisotopic (exact) mass is 295 g/mol. The molecule has 0 aromatic heterocycles. The van der Waals surface area contributed by atoms with Gasteiger partial charge in [0.25, 0.3) is 5.91 Å². The number of ether oxygens (including phenoxy) is 2. The summed E-state index contributed by atoms with van der Waals surface area (Å²) in [6.45, 7) is 5.20. The third-order valence-electron chi connectivity index (χ3n) is 3.67. The van der Waals surface area contributed by atoms with Gasteiger partial charge in [0.1, 0.15) is 24.2 Å². The van der Waals surface area contributed by atoms with E-state index >= 15 is 0 Å². The summed E-state index contributed by atoms with van der Waals surface area (Å²) in [7, 11) is 1.54. The Hall–Kier alpha value is -1.79. The van der Waals surface area contributed by atoms with E-state index in [1.54, 1.807) is 13.2 Å². The lowest BCUT2D eigenvalue weighted by Crippen LogP contribution is -2.40. The van der Waals surface area contributed by atoms with Crippen LogP contribution in [0.15, 0.2) is 6.07 Å². The van der Waals surface area contributed by atoms with Crippen LogP contribution in [0.3, 0.4) is 0 Å². The highest BCUT2D eigenvalue weighted by atomic mass is 16.5. The number of fused-ring (bicyclic) bond motifs is 1. The normalized spacial score (nSPS) is 15.4. The first-order valence-electron chi connectivity index (χ1n) is 6.77. The van der Waals surface area contributed by atoms with E-state index in [-0.39, 0.29) is 12.5 Å². The highest BCUT2D eigenvalue weighted by molar-refractivity contribution is 5.99. The molecule has 1 amide bonds. The van der Waals surface area contributed by atoms with Crippen molar-refractivity contribution in [1.29, 1.82) is 0 Å². The first-order valence-corrected chi connectivity index (χ1v) is 6.77. The number of benzene rings is 1. The van der Waals surface area contributed by atoms with Gasteiger partial charge < -0.3 is 25.0 Å². The van der Waals surface area contributed by atoms with Crippen LogP contribution in [0.1, 0.15) is 35.3 Å².